The van der Waals surface area contributed by atoms with E-state index in [4.69, 9.17) is 0 Å². The van der Waals surface area contributed by atoms with Crippen LogP contribution >= 0.6 is 19.4 Å². The Labute approximate surface area is 177 Å². The van der Waals surface area contributed by atoms with E-state index in [0.717, 1.165) is 0 Å². The molecule has 2 aromatic carbocycles. The van der Waals surface area contributed by atoms with Crippen molar-refractivity contribution in [2.75, 3.05) is 0 Å². The van der Waals surface area contributed by atoms with Gasteiger partial charge in [-0.3, -0.25) is 0 Å². The average molecular weight is 541 g/mol. The molecule has 0 aliphatic heterocycles. The Kier molecular flexibility index (Phi) is 18.5. The summed E-state index contributed by atoms with van der Waals surface area (Å²) in [6.07, 6.45) is 0. The van der Waals surface area contributed by atoms with Crippen LogP contribution in [0.3, 0.4) is 0 Å². The fraction of sp³-hybridized carbons (Fsp3) is 0.400. The maximum absolute atomic E-state index is 4.57. The molecule has 0 unspecified atom stereocenters. The zero-order valence-corrected chi connectivity index (χ0v) is 20.2. The molecule has 0 N–H and O–H groups in total. The maximum atomic E-state index is 4.57. The Morgan fingerprint density at radius 3 is 0.917 bits per heavy atom. The third-order valence-corrected chi connectivity index (χ3v) is 3.49. The number of aryl methyl sites for hydroxylation is 2. The first kappa shape index (κ1) is 26.5. The van der Waals surface area contributed by atoms with Crippen molar-refractivity contribution in [2.45, 2.75) is 53.4 Å². The Morgan fingerprint density at radius 2 is 0.750 bits per heavy atom. The second kappa shape index (κ2) is 16.7. The molecule has 2 aromatic rings. The van der Waals surface area contributed by atoms with Crippen LogP contribution < -0.4 is 0 Å². The first-order valence-electron chi connectivity index (χ1n) is 7.80. The number of rotatable bonds is 2. The van der Waals surface area contributed by atoms with Crippen molar-refractivity contribution in [1.82, 2.24) is 0 Å². The quantitative estimate of drug-likeness (QED) is 0.344. The van der Waals surface area contributed by atoms with Gasteiger partial charge in [0, 0.05) is 0 Å². The van der Waals surface area contributed by atoms with Crippen molar-refractivity contribution in [2.24, 2.45) is 0 Å². The van der Waals surface area contributed by atoms with Gasteiger partial charge in [0.15, 0.2) is 0 Å². The second-order valence-corrected chi connectivity index (χ2v) is 6.13. The number of halogens is 2. The molecule has 0 spiro atoms. The van der Waals surface area contributed by atoms with Gasteiger partial charge in [0.05, 0.1) is 0 Å². The molecule has 0 radical (unpaired) electrons. The molecule has 0 saturated heterocycles. The first-order chi connectivity index (χ1) is 11.4. The minimum absolute atomic E-state index is 0.653. The van der Waals surface area contributed by atoms with E-state index in [1.54, 1.807) is 0 Å². The van der Waals surface area contributed by atoms with Crippen molar-refractivity contribution in [3.8, 4) is 0 Å². The predicted octanol–water partition coefficient (Wildman–Crippen LogP) is 7.61. The summed E-state index contributed by atoms with van der Waals surface area (Å²) in [5.41, 5.74) is 5.52. The van der Waals surface area contributed by atoms with Crippen LogP contribution in [-0.4, -0.2) is 0 Å². The van der Waals surface area contributed by atoms with Gasteiger partial charge in [-0.05, 0) is 36.8 Å². The molecule has 0 aliphatic rings. The van der Waals surface area contributed by atoms with Crippen molar-refractivity contribution in [3.63, 3.8) is 0 Å². The molecule has 24 heavy (non-hydrogen) atoms. The van der Waals surface area contributed by atoms with Crippen LogP contribution in [0.25, 0.3) is 0 Å². The van der Waals surface area contributed by atoms with Gasteiger partial charge in [0.1, 0.15) is 0 Å². The average Bonchev–Trinajstić information content (AvgIpc) is 2.60. The summed E-state index contributed by atoms with van der Waals surface area (Å²) in [6, 6.07) is 17.4. The summed E-state index contributed by atoms with van der Waals surface area (Å²) in [5, 5.41) is 0. The van der Waals surface area contributed by atoms with E-state index in [9.17, 15) is 0 Å². The number of benzene rings is 2. The summed E-state index contributed by atoms with van der Waals surface area (Å²) >= 11 is 3.64. The van der Waals surface area contributed by atoms with Gasteiger partial charge >= 0.3 is 54.0 Å². The van der Waals surface area contributed by atoms with Gasteiger partial charge in [0.2, 0.25) is 0 Å². The summed E-state index contributed by atoms with van der Waals surface area (Å²) in [6.45, 7) is 13.1. The molecule has 0 heterocycles. The van der Waals surface area contributed by atoms with E-state index < -0.39 is 0 Å². The molecule has 0 amide bonds. The normalized spacial score (nSPS) is 9.17. The fourth-order valence-corrected chi connectivity index (χ4v) is 1.90. The molecule has 4 heteroatoms. The molecule has 2 rings (SSSR count). The monoisotopic (exact) mass is 542 g/mol. The van der Waals surface area contributed by atoms with Gasteiger partial charge in [0.25, 0.3) is 0 Å². The van der Waals surface area contributed by atoms with Crippen LogP contribution in [0.15, 0.2) is 48.5 Å². The van der Waals surface area contributed by atoms with E-state index >= 15 is 0 Å². The Balaban J connectivity index is 0. The summed E-state index contributed by atoms with van der Waals surface area (Å²) in [4.78, 5) is 0. The molecular formula is C20H28Cl2Ru2. The standard InChI is InChI=1S/2C10H14.2ClH.2Ru/c2*1-8(2)10-6-4-9(3)5-7-10;;;;/h2*4-8H,1-3H3;2*1H;;/q;;;;2*+1/p-2. The van der Waals surface area contributed by atoms with E-state index in [0.29, 0.717) is 11.8 Å². The first-order valence-corrected chi connectivity index (χ1v) is 12.3. The number of hydrogen-bond acceptors (Lipinski definition) is 0. The zero-order chi connectivity index (χ0) is 19.1. The van der Waals surface area contributed by atoms with Gasteiger partial charge in [-0.2, -0.15) is 0 Å². The summed E-state index contributed by atoms with van der Waals surface area (Å²) in [5.74, 6) is 1.31. The van der Waals surface area contributed by atoms with Gasteiger partial charge in [-0.25, -0.2) is 0 Å². The molecule has 0 nitrogen and oxygen atoms in total. The van der Waals surface area contributed by atoms with Crippen LogP contribution in [-0.2, 0) is 34.6 Å². The van der Waals surface area contributed by atoms with Crippen LogP contribution in [0.5, 0.6) is 0 Å². The molecule has 0 aromatic heterocycles. The molecule has 0 aliphatic carbocycles. The third kappa shape index (κ3) is 12.6. The summed E-state index contributed by atoms with van der Waals surface area (Å²) < 4.78 is 0. The van der Waals surface area contributed by atoms with E-state index in [1.165, 1.54) is 22.3 Å². The molecular weight excluding hydrogens is 513 g/mol. The van der Waals surface area contributed by atoms with Gasteiger partial charge in [-0.15, -0.1) is 0 Å². The SMILES string of the molecule is Cc1ccc(C(C)C)cc1.Cc1ccc(C(C)C)cc1.[Cl][Ru].[Cl][Ru]. The molecule has 0 bridgehead atoms. The summed E-state index contributed by atoms with van der Waals surface area (Å²) in [7, 11) is 9.14. The van der Waals surface area contributed by atoms with E-state index in [1.807, 2.05) is 34.6 Å². The second-order valence-electron chi connectivity index (χ2n) is 6.13. The zero-order valence-electron chi connectivity index (χ0n) is 15.2. The van der Waals surface area contributed by atoms with Crippen LogP contribution in [0.4, 0.5) is 0 Å². The minimum atomic E-state index is 0.653. The van der Waals surface area contributed by atoms with Crippen molar-refractivity contribution < 1.29 is 34.6 Å². The van der Waals surface area contributed by atoms with Crippen molar-refractivity contribution >= 4 is 19.4 Å². The topological polar surface area (TPSA) is 0 Å². The molecule has 0 saturated carbocycles. The Morgan fingerprint density at radius 1 is 0.542 bits per heavy atom. The van der Waals surface area contributed by atoms with Gasteiger partial charge in [-0.1, -0.05) is 87.4 Å². The van der Waals surface area contributed by atoms with E-state index in [-0.39, 0.29) is 0 Å². The van der Waals surface area contributed by atoms with Crippen molar-refractivity contribution in [1.29, 1.82) is 0 Å². The molecule has 0 atom stereocenters. The fourth-order valence-electron chi connectivity index (χ4n) is 1.90. The van der Waals surface area contributed by atoms with E-state index in [2.05, 4.69) is 109 Å². The van der Waals surface area contributed by atoms with Crippen LogP contribution in [0.2, 0.25) is 0 Å². The molecule has 0 fully saturated rings. The Bertz CT molecular complexity index is 457. The number of hydrogen-bond donors (Lipinski definition) is 0. The Hall–Kier alpha value is 0.267. The predicted molar refractivity (Wildman–Crippen MR) is 102 cm³/mol. The van der Waals surface area contributed by atoms with Crippen LogP contribution in [0.1, 0.15) is 61.8 Å². The van der Waals surface area contributed by atoms with Crippen molar-refractivity contribution in [3.05, 3.63) is 70.8 Å². The molecule has 138 valence electrons. The van der Waals surface area contributed by atoms with Gasteiger partial charge < -0.3 is 0 Å². The third-order valence-electron chi connectivity index (χ3n) is 3.49. The van der Waals surface area contributed by atoms with Crippen LogP contribution in [0, 0.1) is 13.8 Å².